The van der Waals surface area contributed by atoms with E-state index in [-0.39, 0.29) is 18.4 Å². The number of carbonyl (C=O) groups is 2. The smallest absolute Gasteiger partial charge is 0.257 e. The number of amides is 2. The highest BCUT2D eigenvalue weighted by Crippen LogP contribution is 2.18. The summed E-state index contributed by atoms with van der Waals surface area (Å²) in [6.45, 7) is 0.749. The normalized spacial score (nSPS) is 10.2. The Labute approximate surface area is 182 Å². The van der Waals surface area contributed by atoms with E-state index < -0.39 is 0 Å². The molecule has 6 nitrogen and oxygen atoms in total. The van der Waals surface area contributed by atoms with Gasteiger partial charge in [-0.1, -0.05) is 54.6 Å². The second kappa shape index (κ2) is 11.4. The first kappa shape index (κ1) is 21.9. The van der Waals surface area contributed by atoms with Crippen LogP contribution in [0.15, 0.2) is 78.9 Å². The molecule has 0 aliphatic heterocycles. The molecule has 0 fully saturated rings. The van der Waals surface area contributed by atoms with Gasteiger partial charge in [0.05, 0.1) is 12.7 Å². The molecule has 0 saturated carbocycles. The summed E-state index contributed by atoms with van der Waals surface area (Å²) in [4.78, 5) is 24.7. The molecule has 0 aliphatic carbocycles. The molecule has 0 unspecified atom stereocenters. The van der Waals surface area contributed by atoms with Gasteiger partial charge in [-0.2, -0.15) is 0 Å². The van der Waals surface area contributed by atoms with E-state index in [9.17, 15) is 9.59 Å². The minimum Gasteiger partial charge on any atom is -0.497 e. The third-order valence-electron chi connectivity index (χ3n) is 4.68. The Bertz CT molecular complexity index is 988. The molecule has 0 saturated heterocycles. The average molecular weight is 418 g/mol. The molecule has 31 heavy (non-hydrogen) atoms. The fourth-order valence-corrected chi connectivity index (χ4v) is 2.99. The highest BCUT2D eigenvalue weighted by Gasteiger charge is 2.13. The molecule has 2 N–H and O–H groups in total. The number of nitrogens with one attached hydrogen (secondary N) is 2. The number of methoxy groups -OCH3 is 1. The molecule has 3 aromatic rings. The van der Waals surface area contributed by atoms with Crippen molar-refractivity contribution in [3.63, 3.8) is 0 Å². The predicted molar refractivity (Wildman–Crippen MR) is 119 cm³/mol. The predicted octanol–water partition coefficient (Wildman–Crippen LogP) is 3.36. The van der Waals surface area contributed by atoms with Crippen molar-refractivity contribution < 1.29 is 19.1 Å². The van der Waals surface area contributed by atoms with E-state index in [2.05, 4.69) is 10.6 Å². The van der Waals surface area contributed by atoms with Gasteiger partial charge in [-0.05, 0) is 41.8 Å². The lowest BCUT2D eigenvalue weighted by molar-refractivity contribution is -0.123. The Hall–Kier alpha value is -3.80. The summed E-state index contributed by atoms with van der Waals surface area (Å²) in [6, 6.07) is 24.3. The molecule has 0 radical (unpaired) electrons. The molecule has 6 heteroatoms. The zero-order valence-electron chi connectivity index (χ0n) is 17.5. The van der Waals surface area contributed by atoms with Crippen LogP contribution in [0.3, 0.4) is 0 Å². The van der Waals surface area contributed by atoms with E-state index in [4.69, 9.17) is 9.47 Å². The van der Waals surface area contributed by atoms with E-state index >= 15 is 0 Å². The zero-order chi connectivity index (χ0) is 21.9. The van der Waals surface area contributed by atoms with Crippen molar-refractivity contribution in [1.82, 2.24) is 10.6 Å². The van der Waals surface area contributed by atoms with Gasteiger partial charge >= 0.3 is 0 Å². The first-order chi connectivity index (χ1) is 15.2. The number of hydrogen-bond donors (Lipinski definition) is 2. The highest BCUT2D eigenvalue weighted by atomic mass is 16.5. The molecule has 0 aromatic heterocycles. The molecule has 0 aliphatic rings. The van der Waals surface area contributed by atoms with Crippen molar-refractivity contribution in [2.45, 2.75) is 13.0 Å². The fraction of sp³-hybridized carbons (Fsp3) is 0.200. The molecule has 3 aromatic carbocycles. The van der Waals surface area contributed by atoms with Crippen LogP contribution in [-0.2, 0) is 17.8 Å². The maximum atomic E-state index is 12.6. The van der Waals surface area contributed by atoms with Crippen molar-refractivity contribution in [1.29, 1.82) is 0 Å². The van der Waals surface area contributed by atoms with Crippen molar-refractivity contribution in [2.24, 2.45) is 0 Å². The minimum absolute atomic E-state index is 0.161. The fourth-order valence-electron chi connectivity index (χ4n) is 2.99. The number of carbonyl (C=O) groups excluding carboxylic acids is 2. The van der Waals surface area contributed by atoms with Gasteiger partial charge in [0.1, 0.15) is 11.5 Å². The summed E-state index contributed by atoms with van der Waals surface area (Å²) in [5.41, 5.74) is 2.50. The van der Waals surface area contributed by atoms with Crippen molar-refractivity contribution >= 4 is 11.8 Å². The summed E-state index contributed by atoms with van der Waals surface area (Å²) in [5.74, 6) is 0.679. The molecule has 0 spiro atoms. The molecule has 160 valence electrons. The van der Waals surface area contributed by atoms with Gasteiger partial charge in [0.15, 0.2) is 6.61 Å². The zero-order valence-corrected chi connectivity index (χ0v) is 17.5. The topological polar surface area (TPSA) is 76.7 Å². The van der Waals surface area contributed by atoms with E-state index in [0.717, 1.165) is 16.9 Å². The van der Waals surface area contributed by atoms with E-state index in [1.807, 2.05) is 54.6 Å². The van der Waals surface area contributed by atoms with Crippen LogP contribution in [0, 0.1) is 0 Å². The molecular weight excluding hydrogens is 392 g/mol. The molecule has 0 atom stereocenters. The summed E-state index contributed by atoms with van der Waals surface area (Å²) in [7, 11) is 1.63. The van der Waals surface area contributed by atoms with Crippen LogP contribution in [0.2, 0.25) is 0 Å². The standard InChI is InChI=1S/C25H26N2O4/c1-30-21-13-11-19(12-14-21)15-16-26-24(28)18-31-23-10-6-5-9-22(23)25(29)27-17-20-7-3-2-4-8-20/h2-14H,15-18H2,1H3,(H,26,28)(H,27,29). The van der Waals surface area contributed by atoms with E-state index in [1.54, 1.807) is 31.4 Å². The average Bonchev–Trinajstić information content (AvgIpc) is 2.82. The Morgan fingerprint density at radius 1 is 0.806 bits per heavy atom. The maximum Gasteiger partial charge on any atom is 0.257 e. The van der Waals surface area contributed by atoms with Gasteiger partial charge in [-0.15, -0.1) is 0 Å². The first-order valence-corrected chi connectivity index (χ1v) is 10.1. The van der Waals surface area contributed by atoms with E-state index in [1.165, 1.54) is 0 Å². The van der Waals surface area contributed by atoms with Crippen molar-refractivity contribution in [3.05, 3.63) is 95.6 Å². The number of benzene rings is 3. The van der Waals surface area contributed by atoms with Gasteiger partial charge in [0.2, 0.25) is 0 Å². The lowest BCUT2D eigenvalue weighted by Gasteiger charge is -2.12. The van der Waals surface area contributed by atoms with Gasteiger partial charge in [0, 0.05) is 13.1 Å². The lowest BCUT2D eigenvalue weighted by atomic mass is 10.1. The number of para-hydroxylation sites is 1. The van der Waals surface area contributed by atoms with Crippen LogP contribution < -0.4 is 20.1 Å². The van der Waals surface area contributed by atoms with Crippen LogP contribution in [0.4, 0.5) is 0 Å². The van der Waals surface area contributed by atoms with Crippen LogP contribution in [-0.4, -0.2) is 32.1 Å². The van der Waals surface area contributed by atoms with Crippen LogP contribution in [0.1, 0.15) is 21.5 Å². The summed E-state index contributed by atoms with van der Waals surface area (Å²) in [5, 5.41) is 5.71. The molecule has 3 rings (SSSR count). The maximum absolute atomic E-state index is 12.6. The van der Waals surface area contributed by atoms with Gasteiger partial charge < -0.3 is 20.1 Å². The minimum atomic E-state index is -0.251. The lowest BCUT2D eigenvalue weighted by Crippen LogP contribution is -2.31. The third-order valence-corrected chi connectivity index (χ3v) is 4.68. The second-order valence-corrected chi connectivity index (χ2v) is 6.90. The molecule has 0 heterocycles. The Morgan fingerprint density at radius 3 is 2.26 bits per heavy atom. The molecular formula is C25H26N2O4. The number of hydrogen-bond acceptors (Lipinski definition) is 4. The SMILES string of the molecule is COc1ccc(CCNC(=O)COc2ccccc2C(=O)NCc2ccccc2)cc1. The second-order valence-electron chi connectivity index (χ2n) is 6.90. The summed E-state index contributed by atoms with van der Waals surface area (Å²) < 4.78 is 10.8. The molecule has 0 bridgehead atoms. The quantitative estimate of drug-likeness (QED) is 0.529. The highest BCUT2D eigenvalue weighted by molar-refractivity contribution is 5.97. The van der Waals surface area contributed by atoms with Gasteiger partial charge in [0.25, 0.3) is 11.8 Å². The van der Waals surface area contributed by atoms with Crippen LogP contribution >= 0.6 is 0 Å². The third kappa shape index (κ3) is 6.89. The van der Waals surface area contributed by atoms with Crippen LogP contribution in [0.25, 0.3) is 0 Å². The summed E-state index contributed by atoms with van der Waals surface area (Å²) >= 11 is 0. The Morgan fingerprint density at radius 2 is 1.52 bits per heavy atom. The van der Waals surface area contributed by atoms with Crippen molar-refractivity contribution in [2.75, 3.05) is 20.3 Å². The number of ether oxygens (including phenoxy) is 2. The van der Waals surface area contributed by atoms with Crippen molar-refractivity contribution in [3.8, 4) is 11.5 Å². The molecule has 2 amide bonds. The Kier molecular flexibility index (Phi) is 8.05. The summed E-state index contributed by atoms with van der Waals surface area (Å²) in [6.07, 6.45) is 0.703. The van der Waals surface area contributed by atoms with Crippen LogP contribution in [0.5, 0.6) is 11.5 Å². The largest absolute Gasteiger partial charge is 0.497 e. The van der Waals surface area contributed by atoms with Gasteiger partial charge in [-0.25, -0.2) is 0 Å². The Balaban J connectivity index is 1.46. The van der Waals surface area contributed by atoms with Gasteiger partial charge in [-0.3, -0.25) is 9.59 Å². The monoisotopic (exact) mass is 418 g/mol. The first-order valence-electron chi connectivity index (χ1n) is 10.1. The number of rotatable bonds is 10. The van der Waals surface area contributed by atoms with E-state index in [0.29, 0.717) is 30.8 Å².